The van der Waals surface area contributed by atoms with Crippen LogP contribution in [-0.4, -0.2) is 11.6 Å². The Morgan fingerprint density at radius 3 is 2.41 bits per heavy atom. The summed E-state index contributed by atoms with van der Waals surface area (Å²) in [5, 5.41) is 0. The molecule has 2 heteroatoms. The van der Waals surface area contributed by atoms with Gasteiger partial charge in [-0.2, -0.15) is 0 Å². The molecule has 1 aromatic heterocycles. The molecular weight excluding hydrogens is 330 g/mol. The second-order valence-electron chi connectivity index (χ2n) is 8.09. The van der Waals surface area contributed by atoms with Gasteiger partial charge in [-0.3, -0.25) is 4.98 Å². The third-order valence-electron chi connectivity index (χ3n) is 6.00. The highest BCUT2D eigenvalue weighted by Crippen LogP contribution is 2.34. The molecule has 1 heterocycles. The zero-order valence-corrected chi connectivity index (χ0v) is 17.1. The van der Waals surface area contributed by atoms with Gasteiger partial charge in [-0.1, -0.05) is 69.7 Å². The van der Waals surface area contributed by atoms with Gasteiger partial charge >= 0.3 is 0 Å². The van der Waals surface area contributed by atoms with Crippen molar-refractivity contribution < 1.29 is 4.74 Å². The molecule has 27 heavy (non-hydrogen) atoms. The van der Waals surface area contributed by atoms with Crippen LogP contribution in [0.15, 0.2) is 42.6 Å². The van der Waals surface area contributed by atoms with Crippen molar-refractivity contribution in [3.63, 3.8) is 0 Å². The van der Waals surface area contributed by atoms with E-state index in [9.17, 15) is 0 Å². The lowest BCUT2D eigenvalue weighted by Gasteiger charge is -2.29. The van der Waals surface area contributed by atoms with Gasteiger partial charge in [0.25, 0.3) is 0 Å². The first-order valence-corrected chi connectivity index (χ1v) is 11.0. The minimum absolute atomic E-state index is 0.677. The van der Waals surface area contributed by atoms with Crippen LogP contribution >= 0.6 is 0 Å². The molecule has 1 saturated carbocycles. The third-order valence-corrected chi connectivity index (χ3v) is 6.00. The fourth-order valence-corrected chi connectivity index (χ4v) is 4.44. The second kappa shape index (κ2) is 10.5. The molecule has 2 aromatic rings. The van der Waals surface area contributed by atoms with Crippen molar-refractivity contribution in [2.45, 2.75) is 71.6 Å². The number of hydrogen-bond acceptors (Lipinski definition) is 2. The summed E-state index contributed by atoms with van der Waals surface area (Å²) in [7, 11) is 0. The van der Waals surface area contributed by atoms with E-state index in [1.165, 1.54) is 68.9 Å². The van der Waals surface area contributed by atoms with Gasteiger partial charge < -0.3 is 4.74 Å². The number of pyridine rings is 1. The topological polar surface area (TPSA) is 22.1 Å². The number of rotatable bonds is 9. The Morgan fingerprint density at radius 1 is 0.963 bits per heavy atom. The van der Waals surface area contributed by atoms with Gasteiger partial charge in [0.2, 0.25) is 0 Å². The van der Waals surface area contributed by atoms with Crippen LogP contribution < -0.4 is 4.74 Å². The maximum atomic E-state index is 5.47. The maximum absolute atomic E-state index is 5.47. The third kappa shape index (κ3) is 6.09. The first-order chi connectivity index (χ1) is 13.3. The van der Waals surface area contributed by atoms with Gasteiger partial charge in [-0.05, 0) is 55.7 Å². The molecule has 2 nitrogen and oxygen atoms in total. The molecule has 0 spiro atoms. The van der Waals surface area contributed by atoms with E-state index in [0.717, 1.165) is 23.3 Å². The van der Waals surface area contributed by atoms with E-state index < -0.39 is 0 Å². The predicted octanol–water partition coefficient (Wildman–Crippen LogP) is 7.08. The van der Waals surface area contributed by atoms with Gasteiger partial charge in [0.05, 0.1) is 18.5 Å². The fourth-order valence-electron chi connectivity index (χ4n) is 4.44. The zero-order valence-electron chi connectivity index (χ0n) is 17.1. The van der Waals surface area contributed by atoms with Crippen LogP contribution in [0, 0.1) is 11.8 Å². The molecule has 1 aliphatic rings. The number of aromatic nitrogens is 1. The van der Waals surface area contributed by atoms with Gasteiger partial charge in [0.1, 0.15) is 5.75 Å². The Labute approximate surface area is 165 Å². The first-order valence-electron chi connectivity index (χ1n) is 11.0. The monoisotopic (exact) mass is 365 g/mol. The van der Waals surface area contributed by atoms with Crippen LogP contribution in [0.25, 0.3) is 11.3 Å². The Kier molecular flexibility index (Phi) is 7.74. The molecule has 1 aliphatic carbocycles. The fraction of sp³-hybridized carbons (Fsp3) is 0.560. The molecule has 0 amide bonds. The number of ether oxygens (including phenoxy) is 1. The Balaban J connectivity index is 1.50. The average molecular weight is 366 g/mol. The molecule has 1 fully saturated rings. The normalized spacial score (nSPS) is 19.8. The van der Waals surface area contributed by atoms with E-state index in [0.29, 0.717) is 6.61 Å². The van der Waals surface area contributed by atoms with E-state index in [1.807, 2.05) is 25.3 Å². The smallest absolute Gasteiger partial charge is 0.137 e. The largest absolute Gasteiger partial charge is 0.492 e. The number of aryl methyl sites for hydroxylation is 1. The molecule has 3 rings (SSSR count). The molecular formula is C25H35NO. The molecule has 1 aromatic carbocycles. The van der Waals surface area contributed by atoms with E-state index in [4.69, 9.17) is 4.74 Å². The van der Waals surface area contributed by atoms with Gasteiger partial charge in [-0.25, -0.2) is 0 Å². The van der Waals surface area contributed by atoms with E-state index in [2.05, 4.69) is 36.2 Å². The van der Waals surface area contributed by atoms with E-state index in [1.54, 1.807) is 0 Å². The maximum Gasteiger partial charge on any atom is 0.137 e. The molecule has 0 radical (unpaired) electrons. The van der Waals surface area contributed by atoms with Crippen molar-refractivity contribution in [3.05, 3.63) is 48.2 Å². The lowest BCUT2D eigenvalue weighted by atomic mass is 9.77. The summed E-state index contributed by atoms with van der Waals surface area (Å²) in [5.41, 5.74) is 3.65. The molecule has 0 aliphatic heterocycles. The summed E-state index contributed by atoms with van der Waals surface area (Å²) >= 11 is 0. The number of nitrogens with zero attached hydrogens (tertiary/aromatic N) is 1. The Morgan fingerprint density at radius 2 is 1.74 bits per heavy atom. The van der Waals surface area contributed by atoms with Crippen LogP contribution in [0.2, 0.25) is 0 Å². The minimum Gasteiger partial charge on any atom is -0.492 e. The van der Waals surface area contributed by atoms with Crippen LogP contribution in [-0.2, 0) is 6.42 Å². The van der Waals surface area contributed by atoms with Gasteiger partial charge in [0.15, 0.2) is 0 Å². The molecule has 0 N–H and O–H groups in total. The highest BCUT2D eigenvalue weighted by Gasteiger charge is 2.21. The van der Waals surface area contributed by atoms with Crippen LogP contribution in [0.4, 0.5) is 0 Å². The van der Waals surface area contributed by atoms with Gasteiger partial charge in [0, 0.05) is 5.56 Å². The SMILES string of the molecule is CCCCC1CCCC(CCc2ccc(-c3ccc(OCC)cn3)cc2)C1. The van der Waals surface area contributed by atoms with Gasteiger partial charge in [-0.15, -0.1) is 0 Å². The summed E-state index contributed by atoms with van der Waals surface area (Å²) in [6.45, 7) is 4.98. The lowest BCUT2D eigenvalue weighted by molar-refractivity contribution is 0.241. The summed E-state index contributed by atoms with van der Waals surface area (Å²) in [6.07, 6.45) is 14.4. The van der Waals surface area contributed by atoms with E-state index >= 15 is 0 Å². The zero-order chi connectivity index (χ0) is 18.9. The van der Waals surface area contributed by atoms with Crippen molar-refractivity contribution in [2.24, 2.45) is 11.8 Å². The summed E-state index contributed by atoms with van der Waals surface area (Å²) in [4.78, 5) is 4.52. The molecule has 146 valence electrons. The predicted molar refractivity (Wildman–Crippen MR) is 114 cm³/mol. The number of hydrogen-bond donors (Lipinski definition) is 0. The Bertz CT molecular complexity index is 662. The minimum atomic E-state index is 0.677. The molecule has 0 bridgehead atoms. The average Bonchev–Trinajstić information content (AvgIpc) is 2.72. The van der Waals surface area contributed by atoms with Crippen molar-refractivity contribution in [2.75, 3.05) is 6.61 Å². The van der Waals surface area contributed by atoms with Crippen LogP contribution in [0.5, 0.6) is 5.75 Å². The number of unbranched alkanes of at least 4 members (excludes halogenated alkanes) is 1. The second-order valence-corrected chi connectivity index (χ2v) is 8.09. The summed E-state index contributed by atoms with van der Waals surface area (Å²) < 4.78 is 5.47. The quantitative estimate of drug-likeness (QED) is 0.474. The van der Waals surface area contributed by atoms with Crippen molar-refractivity contribution >= 4 is 0 Å². The molecule has 2 unspecified atom stereocenters. The number of benzene rings is 1. The van der Waals surface area contributed by atoms with E-state index in [-0.39, 0.29) is 0 Å². The Hall–Kier alpha value is -1.83. The van der Waals surface area contributed by atoms with Crippen molar-refractivity contribution in [1.82, 2.24) is 4.98 Å². The summed E-state index contributed by atoms with van der Waals surface area (Å²) in [6, 6.07) is 13.0. The van der Waals surface area contributed by atoms with Crippen molar-refractivity contribution in [3.8, 4) is 17.0 Å². The highest BCUT2D eigenvalue weighted by molar-refractivity contribution is 5.59. The standard InChI is InChI=1S/C25H35NO/c1-3-5-7-21-8-6-9-22(18-21)11-10-20-12-14-23(15-13-20)25-17-16-24(19-26-25)27-4-2/h12-17,19,21-22H,3-11,18H2,1-2H3. The first kappa shape index (κ1) is 19.9. The van der Waals surface area contributed by atoms with Crippen LogP contribution in [0.3, 0.4) is 0 Å². The molecule has 0 saturated heterocycles. The van der Waals surface area contributed by atoms with Crippen LogP contribution in [0.1, 0.15) is 70.8 Å². The lowest BCUT2D eigenvalue weighted by Crippen LogP contribution is -2.16. The van der Waals surface area contributed by atoms with Crippen molar-refractivity contribution in [1.29, 1.82) is 0 Å². The molecule has 2 atom stereocenters. The highest BCUT2D eigenvalue weighted by atomic mass is 16.5. The summed E-state index contributed by atoms with van der Waals surface area (Å²) in [5.74, 6) is 2.77.